The van der Waals surface area contributed by atoms with Gasteiger partial charge in [0.2, 0.25) is 0 Å². The van der Waals surface area contributed by atoms with Gasteiger partial charge in [0.25, 0.3) is 0 Å². The Labute approximate surface area is 50.2 Å². The van der Waals surface area contributed by atoms with Crippen molar-refractivity contribution in [2.45, 2.75) is 6.92 Å². The minimum absolute atomic E-state index is 0.981. The Balaban J connectivity index is 2.35. The molecule has 1 rings (SSSR count). The third-order valence-electron chi connectivity index (χ3n) is 1.40. The zero-order valence-electron chi connectivity index (χ0n) is 5.28. The maximum atomic E-state index is 3.82. The van der Waals surface area contributed by atoms with Gasteiger partial charge in [-0.15, -0.1) is 0 Å². The van der Waals surface area contributed by atoms with Crippen LogP contribution in [-0.2, 0) is 0 Å². The molecule has 1 heterocycles. The molecule has 1 saturated heterocycles. The first-order chi connectivity index (χ1) is 3.80. The highest BCUT2D eigenvalue weighted by molar-refractivity contribution is 4.90. The molecule has 1 aliphatic heterocycles. The molecule has 46 valence electrons. The molecule has 0 aromatic rings. The van der Waals surface area contributed by atoms with Gasteiger partial charge in [-0.05, 0) is 6.92 Å². The lowest BCUT2D eigenvalue weighted by molar-refractivity contribution is 0.424. The quantitative estimate of drug-likeness (QED) is 0.527. The van der Waals surface area contributed by atoms with Crippen LogP contribution in [0.5, 0.6) is 0 Å². The van der Waals surface area contributed by atoms with E-state index in [9.17, 15) is 0 Å². The lowest BCUT2D eigenvalue weighted by Crippen LogP contribution is -2.18. The predicted octanol–water partition coefficient (Wildman–Crippen LogP) is 0.383. The molecule has 0 aliphatic carbocycles. The molecule has 8 heavy (non-hydrogen) atoms. The van der Waals surface area contributed by atoms with Gasteiger partial charge in [-0.2, -0.15) is 0 Å². The lowest BCUT2D eigenvalue weighted by atomic mass is 10.5. The highest BCUT2D eigenvalue weighted by Gasteiger charge is 2.07. The van der Waals surface area contributed by atoms with Gasteiger partial charge in [-0.25, -0.2) is 0 Å². The summed E-state index contributed by atoms with van der Waals surface area (Å²) in [4.78, 5) is 2.22. The van der Waals surface area contributed by atoms with Crippen molar-refractivity contribution in [3.8, 4) is 0 Å². The normalized spacial score (nSPS) is 19.4. The highest BCUT2D eigenvalue weighted by atomic mass is 15.3. The Kier molecular flexibility index (Phi) is 1.53. The van der Waals surface area contributed by atoms with Crippen LogP contribution in [-0.4, -0.2) is 24.7 Å². The van der Waals surface area contributed by atoms with Crippen molar-refractivity contribution in [2.24, 2.45) is 0 Å². The van der Waals surface area contributed by atoms with Crippen LogP contribution in [0.3, 0.4) is 0 Å². The van der Waals surface area contributed by atoms with E-state index in [-0.39, 0.29) is 0 Å². The summed E-state index contributed by atoms with van der Waals surface area (Å²) in [5.74, 6) is 0. The second-order valence-corrected chi connectivity index (χ2v) is 2.16. The van der Waals surface area contributed by atoms with Gasteiger partial charge >= 0.3 is 0 Å². The largest absolute Gasteiger partial charge is 0.362 e. The molecule has 0 atom stereocenters. The molecule has 0 saturated carbocycles. The number of hydrogen-bond donors (Lipinski definition) is 1. The first-order valence-electron chi connectivity index (χ1n) is 2.92. The topological polar surface area (TPSA) is 15.3 Å². The van der Waals surface area contributed by atoms with Crippen LogP contribution in [0.1, 0.15) is 6.92 Å². The van der Waals surface area contributed by atoms with E-state index in [0.29, 0.717) is 0 Å². The molecule has 1 aliphatic rings. The van der Waals surface area contributed by atoms with Crippen molar-refractivity contribution < 1.29 is 0 Å². The Morgan fingerprint density at radius 2 is 2.50 bits per heavy atom. The summed E-state index contributed by atoms with van der Waals surface area (Å²) in [6.07, 6.45) is 0. The average molecular weight is 112 g/mol. The van der Waals surface area contributed by atoms with Crippen molar-refractivity contribution >= 4 is 0 Å². The standard InChI is InChI=1S/C6H12N2/c1-6(2)8-4-3-7-5-8/h7H,1,3-5H2,2H3. The minimum atomic E-state index is 0.981. The highest BCUT2D eigenvalue weighted by Crippen LogP contribution is 2.00. The van der Waals surface area contributed by atoms with Crippen LogP contribution in [0, 0.1) is 0 Å². The fourth-order valence-electron chi connectivity index (χ4n) is 0.833. The summed E-state index contributed by atoms with van der Waals surface area (Å²) >= 11 is 0. The second-order valence-electron chi connectivity index (χ2n) is 2.16. The van der Waals surface area contributed by atoms with Crippen LogP contribution in [0.15, 0.2) is 12.3 Å². The van der Waals surface area contributed by atoms with Crippen LogP contribution in [0.2, 0.25) is 0 Å². The molecular weight excluding hydrogens is 100 g/mol. The number of allylic oxidation sites excluding steroid dienone is 1. The van der Waals surface area contributed by atoms with E-state index in [0.717, 1.165) is 25.5 Å². The van der Waals surface area contributed by atoms with Gasteiger partial charge in [0.1, 0.15) is 0 Å². The van der Waals surface area contributed by atoms with Gasteiger partial charge in [0.05, 0.1) is 6.67 Å². The molecule has 0 spiro atoms. The van der Waals surface area contributed by atoms with Crippen molar-refractivity contribution in [3.63, 3.8) is 0 Å². The van der Waals surface area contributed by atoms with Gasteiger partial charge < -0.3 is 4.90 Å². The van der Waals surface area contributed by atoms with Gasteiger partial charge in [0.15, 0.2) is 0 Å². The molecule has 2 heteroatoms. The van der Waals surface area contributed by atoms with E-state index in [1.165, 1.54) is 0 Å². The summed E-state index contributed by atoms with van der Waals surface area (Å²) in [7, 11) is 0. The lowest BCUT2D eigenvalue weighted by Gasteiger charge is -2.14. The van der Waals surface area contributed by atoms with E-state index in [1.807, 2.05) is 6.92 Å². The van der Waals surface area contributed by atoms with E-state index >= 15 is 0 Å². The van der Waals surface area contributed by atoms with E-state index < -0.39 is 0 Å². The predicted molar refractivity (Wildman–Crippen MR) is 34.4 cm³/mol. The molecule has 0 unspecified atom stereocenters. The SMILES string of the molecule is C=C(C)N1CCNC1. The van der Waals surface area contributed by atoms with Gasteiger partial charge in [-0.1, -0.05) is 6.58 Å². The number of rotatable bonds is 1. The summed E-state index contributed by atoms with van der Waals surface area (Å²) in [5.41, 5.74) is 1.16. The zero-order chi connectivity index (χ0) is 5.98. The van der Waals surface area contributed by atoms with Crippen LogP contribution >= 0.6 is 0 Å². The fraction of sp³-hybridized carbons (Fsp3) is 0.667. The smallest absolute Gasteiger partial charge is 0.0679 e. The monoisotopic (exact) mass is 112 g/mol. The van der Waals surface area contributed by atoms with E-state index in [4.69, 9.17) is 0 Å². The molecule has 1 fully saturated rings. The summed E-state index contributed by atoms with van der Waals surface area (Å²) < 4.78 is 0. The first kappa shape index (κ1) is 5.63. The number of nitrogens with zero attached hydrogens (tertiary/aromatic N) is 1. The van der Waals surface area contributed by atoms with E-state index in [2.05, 4.69) is 16.8 Å². The summed E-state index contributed by atoms with van der Waals surface area (Å²) in [6, 6.07) is 0. The third-order valence-corrected chi connectivity index (χ3v) is 1.40. The van der Waals surface area contributed by atoms with E-state index in [1.54, 1.807) is 0 Å². The first-order valence-corrected chi connectivity index (χ1v) is 2.92. The van der Waals surface area contributed by atoms with Gasteiger partial charge in [-0.3, -0.25) is 5.32 Å². The Morgan fingerprint density at radius 1 is 1.75 bits per heavy atom. The Morgan fingerprint density at radius 3 is 2.75 bits per heavy atom. The molecular formula is C6H12N2. The molecule has 2 nitrogen and oxygen atoms in total. The molecule has 0 aromatic heterocycles. The van der Waals surface area contributed by atoms with Crippen LogP contribution in [0.25, 0.3) is 0 Å². The van der Waals surface area contributed by atoms with Crippen molar-refractivity contribution in [1.29, 1.82) is 0 Å². The Hall–Kier alpha value is -0.500. The Bertz CT molecular complexity index is 92.7. The van der Waals surface area contributed by atoms with Crippen molar-refractivity contribution in [3.05, 3.63) is 12.3 Å². The summed E-state index contributed by atoms with van der Waals surface area (Å²) in [5, 5.41) is 3.22. The fourth-order valence-corrected chi connectivity index (χ4v) is 0.833. The number of nitrogens with one attached hydrogen (secondary N) is 1. The van der Waals surface area contributed by atoms with Crippen molar-refractivity contribution in [2.75, 3.05) is 19.8 Å². The zero-order valence-corrected chi connectivity index (χ0v) is 5.28. The average Bonchev–Trinajstić information content (AvgIpc) is 2.12. The number of hydrogen-bond acceptors (Lipinski definition) is 2. The van der Waals surface area contributed by atoms with Crippen LogP contribution in [0.4, 0.5) is 0 Å². The molecule has 0 radical (unpaired) electrons. The van der Waals surface area contributed by atoms with Gasteiger partial charge in [0, 0.05) is 18.8 Å². The maximum absolute atomic E-state index is 3.82. The van der Waals surface area contributed by atoms with Crippen LogP contribution < -0.4 is 5.32 Å². The minimum Gasteiger partial charge on any atom is -0.362 e. The molecule has 0 bridgehead atoms. The second kappa shape index (κ2) is 2.18. The van der Waals surface area contributed by atoms with Crippen molar-refractivity contribution in [1.82, 2.24) is 10.2 Å². The third kappa shape index (κ3) is 1.01. The summed E-state index contributed by atoms with van der Waals surface area (Å²) in [6.45, 7) is 9.06. The maximum Gasteiger partial charge on any atom is 0.0679 e. The molecule has 0 aromatic carbocycles. The molecule has 1 N–H and O–H groups in total. The molecule has 0 amide bonds.